The maximum absolute atomic E-state index is 12.8. The molecule has 4 N–H and O–H groups in total. The van der Waals surface area contributed by atoms with Crippen molar-refractivity contribution in [1.29, 1.82) is 0 Å². The van der Waals surface area contributed by atoms with E-state index >= 15 is 0 Å². The molecule has 2 aromatic rings. The van der Waals surface area contributed by atoms with Crippen molar-refractivity contribution in [1.82, 2.24) is 15.6 Å². The largest absolute Gasteiger partial charge is 0.481 e. The van der Waals surface area contributed by atoms with Crippen LogP contribution in [-0.4, -0.2) is 52.7 Å². The summed E-state index contributed by atoms with van der Waals surface area (Å²) < 4.78 is 17.5. The van der Waals surface area contributed by atoms with E-state index in [1.807, 2.05) is 19.1 Å². The van der Waals surface area contributed by atoms with Gasteiger partial charge in [-0.25, -0.2) is 9.37 Å². The monoisotopic (exact) mass is 491 g/mol. The van der Waals surface area contributed by atoms with Crippen LogP contribution in [0.1, 0.15) is 36.4 Å². The number of aryl methyl sites for hydroxylation is 1. The number of nitro groups is 1. The van der Waals surface area contributed by atoms with E-state index in [-0.39, 0.29) is 23.6 Å². The zero-order chi connectivity index (χ0) is 25.8. The van der Waals surface area contributed by atoms with Crippen LogP contribution in [0.4, 0.5) is 15.9 Å². The van der Waals surface area contributed by atoms with Crippen LogP contribution in [0.2, 0.25) is 0 Å². The third-order valence-corrected chi connectivity index (χ3v) is 4.76. The third-order valence-electron chi connectivity index (χ3n) is 4.76. The van der Waals surface area contributed by atoms with E-state index in [0.717, 1.165) is 17.7 Å². The molecule has 12 nitrogen and oxygen atoms in total. The number of rotatable bonds is 14. The van der Waals surface area contributed by atoms with Gasteiger partial charge in [0.1, 0.15) is 11.6 Å². The normalized spacial score (nSPS) is 11.3. The van der Waals surface area contributed by atoms with E-state index in [0.29, 0.717) is 18.8 Å². The van der Waals surface area contributed by atoms with Gasteiger partial charge in [0.2, 0.25) is 18.7 Å². The van der Waals surface area contributed by atoms with Crippen molar-refractivity contribution in [2.75, 3.05) is 25.3 Å². The van der Waals surface area contributed by atoms with E-state index in [9.17, 15) is 34.0 Å². The predicted molar refractivity (Wildman–Crippen MR) is 123 cm³/mol. The molecule has 1 heterocycles. The first-order valence-electron chi connectivity index (χ1n) is 10.6. The number of hydrogen-bond donors (Lipinski definition) is 4. The molecule has 0 aliphatic carbocycles. The SMILES string of the molecule is Cc1ccnc(NCCCC(=O)NCC(=O)NC(CC(=O)O)c2ccc([N+](=O)[O-])cc2OCF)c1. The number of benzene rings is 1. The summed E-state index contributed by atoms with van der Waals surface area (Å²) >= 11 is 0. The van der Waals surface area contributed by atoms with Gasteiger partial charge in [-0.2, -0.15) is 0 Å². The summed E-state index contributed by atoms with van der Waals surface area (Å²) in [6.07, 6.45) is 1.70. The van der Waals surface area contributed by atoms with Gasteiger partial charge in [-0.1, -0.05) is 0 Å². The molecular formula is C22H26FN5O7. The lowest BCUT2D eigenvalue weighted by molar-refractivity contribution is -0.385. The highest BCUT2D eigenvalue weighted by atomic mass is 19.1. The van der Waals surface area contributed by atoms with E-state index in [2.05, 4.69) is 20.9 Å². The van der Waals surface area contributed by atoms with Crippen molar-refractivity contribution < 1.29 is 33.5 Å². The highest BCUT2D eigenvalue weighted by Crippen LogP contribution is 2.31. The molecule has 13 heteroatoms. The molecule has 2 amide bonds. The summed E-state index contributed by atoms with van der Waals surface area (Å²) in [5.74, 6) is -1.94. The van der Waals surface area contributed by atoms with Crippen LogP contribution in [0.15, 0.2) is 36.5 Å². The zero-order valence-electron chi connectivity index (χ0n) is 19.0. The fraction of sp³-hybridized carbons (Fsp3) is 0.364. The Hall–Kier alpha value is -4.29. The smallest absolute Gasteiger partial charge is 0.305 e. The first-order valence-corrected chi connectivity index (χ1v) is 10.6. The highest BCUT2D eigenvalue weighted by Gasteiger charge is 2.24. The van der Waals surface area contributed by atoms with Crippen LogP contribution in [0.3, 0.4) is 0 Å². The van der Waals surface area contributed by atoms with Crippen molar-refractivity contribution in [2.24, 2.45) is 0 Å². The lowest BCUT2D eigenvalue weighted by Crippen LogP contribution is -2.39. The average molecular weight is 491 g/mol. The second kappa shape index (κ2) is 13.4. The first-order chi connectivity index (χ1) is 16.7. The summed E-state index contributed by atoms with van der Waals surface area (Å²) in [5.41, 5.74) is 0.702. The molecule has 0 saturated carbocycles. The Morgan fingerprint density at radius 2 is 2.00 bits per heavy atom. The van der Waals surface area contributed by atoms with Gasteiger partial charge < -0.3 is 25.8 Å². The minimum Gasteiger partial charge on any atom is -0.481 e. The van der Waals surface area contributed by atoms with Crippen molar-refractivity contribution in [3.8, 4) is 5.75 Å². The molecule has 1 unspecified atom stereocenters. The maximum atomic E-state index is 12.8. The number of carboxylic acids is 1. The predicted octanol–water partition coefficient (Wildman–Crippen LogP) is 2.24. The molecule has 1 atom stereocenters. The average Bonchev–Trinajstić information content (AvgIpc) is 2.80. The number of hydrogen-bond acceptors (Lipinski definition) is 8. The molecule has 2 rings (SSSR count). The van der Waals surface area contributed by atoms with Gasteiger partial charge in [0.25, 0.3) is 5.69 Å². The second-order valence-electron chi connectivity index (χ2n) is 7.48. The van der Waals surface area contributed by atoms with Crippen molar-refractivity contribution >= 4 is 29.3 Å². The standard InChI is InChI=1S/C22H26FN5O7/c1-14-6-8-25-19(9-14)24-7-2-3-20(29)26-12-21(30)27-17(11-22(31)32)16-5-4-15(28(33)34)10-18(16)35-13-23/h4-6,8-10,17H,2-3,7,11-13H2,1H3,(H,24,25)(H,26,29)(H,27,30)(H,31,32). The Bertz CT molecular complexity index is 1070. The number of pyridine rings is 1. The summed E-state index contributed by atoms with van der Waals surface area (Å²) in [4.78, 5) is 50.1. The molecular weight excluding hydrogens is 465 g/mol. The van der Waals surface area contributed by atoms with Gasteiger partial charge in [-0.05, 0) is 37.1 Å². The molecule has 0 aliphatic rings. The number of alkyl halides is 1. The van der Waals surface area contributed by atoms with Gasteiger partial charge in [-0.15, -0.1) is 0 Å². The van der Waals surface area contributed by atoms with E-state index in [1.165, 1.54) is 6.07 Å². The fourth-order valence-corrected chi connectivity index (χ4v) is 3.13. The number of nitrogens with one attached hydrogen (secondary N) is 3. The molecule has 0 bridgehead atoms. The molecule has 0 saturated heterocycles. The molecule has 188 valence electrons. The van der Waals surface area contributed by atoms with Crippen LogP contribution >= 0.6 is 0 Å². The van der Waals surface area contributed by atoms with Crippen LogP contribution < -0.4 is 20.7 Å². The fourth-order valence-electron chi connectivity index (χ4n) is 3.13. The topological polar surface area (TPSA) is 173 Å². The maximum Gasteiger partial charge on any atom is 0.305 e. The minimum absolute atomic E-state index is 0.0474. The summed E-state index contributed by atoms with van der Waals surface area (Å²) in [5, 5.41) is 28.1. The Morgan fingerprint density at radius 1 is 1.23 bits per heavy atom. The van der Waals surface area contributed by atoms with Gasteiger partial charge in [0, 0.05) is 30.8 Å². The minimum atomic E-state index is -1.31. The van der Waals surface area contributed by atoms with Gasteiger partial charge in [-0.3, -0.25) is 24.5 Å². The summed E-state index contributed by atoms with van der Waals surface area (Å²) in [7, 11) is 0. The number of carbonyl (C=O) groups excluding carboxylic acids is 2. The van der Waals surface area contributed by atoms with Crippen molar-refractivity contribution in [3.05, 3.63) is 57.8 Å². The third kappa shape index (κ3) is 9.23. The van der Waals surface area contributed by atoms with Crippen molar-refractivity contribution in [3.63, 3.8) is 0 Å². The summed E-state index contributed by atoms with van der Waals surface area (Å²) in [6.45, 7) is 0.692. The molecule has 35 heavy (non-hydrogen) atoms. The molecule has 1 aromatic heterocycles. The lowest BCUT2D eigenvalue weighted by Gasteiger charge is -2.20. The Balaban J connectivity index is 1.90. The van der Waals surface area contributed by atoms with Crippen molar-refractivity contribution in [2.45, 2.75) is 32.2 Å². The molecule has 1 aromatic carbocycles. The van der Waals surface area contributed by atoms with E-state index < -0.39 is 48.4 Å². The summed E-state index contributed by atoms with van der Waals surface area (Å²) in [6, 6.07) is 5.77. The first kappa shape index (κ1) is 27.0. The molecule has 0 radical (unpaired) electrons. The molecule has 0 spiro atoms. The Morgan fingerprint density at radius 3 is 2.66 bits per heavy atom. The number of anilines is 1. The number of carbonyl (C=O) groups is 3. The van der Waals surface area contributed by atoms with Crippen LogP contribution in [0.5, 0.6) is 5.75 Å². The van der Waals surface area contributed by atoms with Gasteiger partial charge >= 0.3 is 5.97 Å². The highest BCUT2D eigenvalue weighted by molar-refractivity contribution is 5.85. The second-order valence-corrected chi connectivity index (χ2v) is 7.48. The quantitative estimate of drug-likeness (QED) is 0.176. The molecule has 0 aliphatic heterocycles. The lowest BCUT2D eigenvalue weighted by atomic mass is 10.0. The van der Waals surface area contributed by atoms with E-state index in [4.69, 9.17) is 4.74 Å². The zero-order valence-corrected chi connectivity index (χ0v) is 19.0. The van der Waals surface area contributed by atoms with E-state index in [1.54, 1.807) is 6.20 Å². The van der Waals surface area contributed by atoms with Crippen LogP contribution in [0, 0.1) is 17.0 Å². The number of nitro benzene ring substituents is 1. The number of halogens is 1. The van der Waals surface area contributed by atoms with Gasteiger partial charge in [0.05, 0.1) is 30.0 Å². The molecule has 0 fully saturated rings. The number of nitrogens with zero attached hydrogens (tertiary/aromatic N) is 2. The number of carboxylic acid groups (broad SMARTS) is 1. The number of amides is 2. The van der Waals surface area contributed by atoms with Crippen LogP contribution in [-0.2, 0) is 14.4 Å². The van der Waals surface area contributed by atoms with Gasteiger partial charge in [0.15, 0.2) is 0 Å². The Kier molecular flexibility index (Phi) is 10.3. The van der Waals surface area contributed by atoms with Crippen LogP contribution in [0.25, 0.3) is 0 Å². The Labute approximate surface area is 200 Å². The number of aromatic nitrogens is 1. The number of aliphatic carboxylic acids is 1. The number of ether oxygens (including phenoxy) is 1. The number of non-ortho nitro benzene ring substituents is 1.